The van der Waals surface area contributed by atoms with Crippen LogP contribution in [0, 0.1) is 5.92 Å². The van der Waals surface area contributed by atoms with Crippen molar-refractivity contribution in [3.05, 3.63) is 63.6 Å². The third-order valence-electron chi connectivity index (χ3n) is 4.26. The highest BCUT2D eigenvalue weighted by atomic mass is 35.5. The van der Waals surface area contributed by atoms with Crippen molar-refractivity contribution in [3.63, 3.8) is 0 Å². The lowest BCUT2D eigenvalue weighted by Crippen LogP contribution is -2.47. The van der Waals surface area contributed by atoms with Gasteiger partial charge in [0.2, 0.25) is 5.91 Å². The Labute approximate surface area is 167 Å². The molecule has 3 rings (SSSR count). The van der Waals surface area contributed by atoms with Crippen LogP contribution in [0.15, 0.2) is 42.5 Å². The van der Waals surface area contributed by atoms with Gasteiger partial charge in [-0.1, -0.05) is 49.2 Å². The van der Waals surface area contributed by atoms with Crippen LogP contribution in [-0.4, -0.2) is 28.7 Å². The maximum atomic E-state index is 13.0. The van der Waals surface area contributed by atoms with Crippen LogP contribution in [0.5, 0.6) is 0 Å². The zero-order chi connectivity index (χ0) is 19.7. The predicted octanol–water partition coefficient (Wildman–Crippen LogP) is 4.64. The molecule has 0 aromatic heterocycles. The summed E-state index contributed by atoms with van der Waals surface area (Å²) in [5.41, 5.74) is 1.03. The molecule has 1 aliphatic rings. The number of carbonyl (C=O) groups is 3. The number of hydrogen-bond acceptors (Lipinski definition) is 3. The second kappa shape index (κ2) is 7.71. The van der Waals surface area contributed by atoms with Crippen LogP contribution in [0.2, 0.25) is 10.0 Å². The highest BCUT2D eigenvalue weighted by molar-refractivity contribution is 6.35. The van der Waals surface area contributed by atoms with Crippen molar-refractivity contribution in [3.8, 4) is 0 Å². The lowest BCUT2D eigenvalue weighted by molar-refractivity contribution is -0.120. The molecular weight excluding hydrogens is 387 g/mol. The van der Waals surface area contributed by atoms with E-state index in [-0.39, 0.29) is 5.92 Å². The lowest BCUT2D eigenvalue weighted by atomic mass is 10.0. The number of carbonyl (C=O) groups excluding carboxylic acids is 3. The lowest BCUT2D eigenvalue weighted by Gasteiger charge is -2.26. The minimum Gasteiger partial charge on any atom is -0.324 e. The molecule has 1 heterocycles. The first-order valence-electron chi connectivity index (χ1n) is 8.52. The molecule has 7 heteroatoms. The van der Waals surface area contributed by atoms with E-state index in [4.69, 9.17) is 23.2 Å². The second-order valence-electron chi connectivity index (χ2n) is 6.82. The fraction of sp³-hybridized carbons (Fsp3) is 0.250. The number of anilines is 1. The van der Waals surface area contributed by atoms with Gasteiger partial charge in [-0.15, -0.1) is 0 Å². The Kier molecular flexibility index (Phi) is 5.53. The zero-order valence-corrected chi connectivity index (χ0v) is 16.3. The molecule has 0 saturated heterocycles. The van der Waals surface area contributed by atoms with Crippen molar-refractivity contribution in [2.24, 2.45) is 5.92 Å². The highest BCUT2D eigenvalue weighted by Crippen LogP contribution is 2.28. The maximum absolute atomic E-state index is 13.0. The topological polar surface area (TPSA) is 66.5 Å². The number of hydrogen-bond donors (Lipinski definition) is 1. The van der Waals surface area contributed by atoms with Gasteiger partial charge < -0.3 is 5.32 Å². The summed E-state index contributed by atoms with van der Waals surface area (Å²) in [6.07, 6.45) is 0.339. The number of imide groups is 1. The van der Waals surface area contributed by atoms with Gasteiger partial charge in [0, 0.05) is 15.7 Å². The van der Waals surface area contributed by atoms with E-state index in [9.17, 15) is 14.4 Å². The number of rotatable bonds is 5. The first-order valence-corrected chi connectivity index (χ1v) is 9.27. The van der Waals surface area contributed by atoms with Crippen LogP contribution in [0.3, 0.4) is 0 Å². The molecule has 2 aromatic rings. The van der Waals surface area contributed by atoms with Gasteiger partial charge in [-0.25, -0.2) is 0 Å². The minimum absolute atomic E-state index is 0.0908. The molecule has 5 nitrogen and oxygen atoms in total. The second-order valence-corrected chi connectivity index (χ2v) is 7.69. The van der Waals surface area contributed by atoms with E-state index in [1.807, 2.05) is 13.8 Å². The average molecular weight is 405 g/mol. The van der Waals surface area contributed by atoms with Crippen molar-refractivity contribution < 1.29 is 14.4 Å². The van der Waals surface area contributed by atoms with Crippen LogP contribution < -0.4 is 5.32 Å². The summed E-state index contributed by atoms with van der Waals surface area (Å²) in [6, 6.07) is 10.3. The van der Waals surface area contributed by atoms with Gasteiger partial charge in [-0.3, -0.25) is 19.3 Å². The molecule has 1 atom stereocenters. The number of nitrogens with zero attached hydrogens (tertiary/aromatic N) is 1. The first kappa shape index (κ1) is 19.4. The van der Waals surface area contributed by atoms with Crippen LogP contribution in [0.4, 0.5) is 5.69 Å². The molecule has 1 aliphatic heterocycles. The molecule has 140 valence electrons. The number of amides is 3. The Bertz CT molecular complexity index is 872. The van der Waals surface area contributed by atoms with E-state index >= 15 is 0 Å². The van der Waals surface area contributed by atoms with Crippen LogP contribution in [-0.2, 0) is 4.79 Å². The minimum atomic E-state index is -0.935. The van der Waals surface area contributed by atoms with Gasteiger partial charge in [0.25, 0.3) is 11.8 Å². The van der Waals surface area contributed by atoms with Crippen LogP contribution in [0.25, 0.3) is 0 Å². The standard InChI is InChI=1S/C20H18Cl2N2O3/c1-11(2)7-17(18(25)23-14-9-12(21)8-13(22)10-14)24-19(26)15-5-3-4-6-16(15)20(24)27/h3-6,8-11,17H,7H2,1-2H3,(H,23,25). The Morgan fingerprint density at radius 1 is 1.00 bits per heavy atom. The molecule has 27 heavy (non-hydrogen) atoms. The largest absolute Gasteiger partial charge is 0.324 e. The summed E-state index contributed by atoms with van der Waals surface area (Å²) >= 11 is 12.0. The average Bonchev–Trinajstić information content (AvgIpc) is 2.83. The molecule has 0 spiro atoms. The van der Waals surface area contributed by atoms with Crippen molar-refractivity contribution >= 4 is 46.6 Å². The third kappa shape index (κ3) is 3.99. The van der Waals surface area contributed by atoms with Crippen LogP contribution in [0.1, 0.15) is 41.0 Å². The predicted molar refractivity (Wildman–Crippen MR) is 105 cm³/mol. The van der Waals surface area contributed by atoms with Crippen molar-refractivity contribution in [2.45, 2.75) is 26.3 Å². The van der Waals surface area contributed by atoms with Gasteiger partial charge in [-0.05, 0) is 42.7 Å². The Morgan fingerprint density at radius 2 is 1.52 bits per heavy atom. The fourth-order valence-corrected chi connectivity index (χ4v) is 3.64. The summed E-state index contributed by atoms with van der Waals surface area (Å²) in [6.45, 7) is 3.85. The Morgan fingerprint density at radius 3 is 2.00 bits per heavy atom. The van der Waals surface area contributed by atoms with Crippen molar-refractivity contribution in [1.29, 1.82) is 0 Å². The maximum Gasteiger partial charge on any atom is 0.262 e. The molecule has 1 unspecified atom stereocenters. The van der Waals surface area contributed by atoms with Gasteiger partial charge in [0.05, 0.1) is 11.1 Å². The van der Waals surface area contributed by atoms with E-state index < -0.39 is 23.8 Å². The molecule has 0 radical (unpaired) electrons. The Balaban J connectivity index is 1.91. The van der Waals surface area contributed by atoms with E-state index in [1.54, 1.807) is 42.5 Å². The van der Waals surface area contributed by atoms with Crippen molar-refractivity contribution in [1.82, 2.24) is 4.90 Å². The van der Waals surface area contributed by atoms with Gasteiger partial charge in [0.15, 0.2) is 0 Å². The van der Waals surface area contributed by atoms with Gasteiger partial charge in [-0.2, -0.15) is 0 Å². The van der Waals surface area contributed by atoms with Gasteiger partial charge >= 0.3 is 0 Å². The van der Waals surface area contributed by atoms with E-state index in [2.05, 4.69) is 5.32 Å². The molecular formula is C20H18Cl2N2O3. The summed E-state index contributed by atoms with van der Waals surface area (Å²) in [5.74, 6) is -1.29. The molecule has 1 N–H and O–H groups in total. The molecule has 0 saturated carbocycles. The summed E-state index contributed by atoms with van der Waals surface area (Å²) in [4.78, 5) is 39.6. The number of halogens is 2. The zero-order valence-electron chi connectivity index (χ0n) is 14.8. The first-order chi connectivity index (χ1) is 12.8. The molecule has 0 fully saturated rings. The number of nitrogens with one attached hydrogen (secondary N) is 1. The van der Waals surface area contributed by atoms with Gasteiger partial charge in [0.1, 0.15) is 6.04 Å². The van der Waals surface area contributed by atoms with E-state index in [0.717, 1.165) is 4.90 Å². The fourth-order valence-electron chi connectivity index (χ4n) is 3.12. The molecule has 0 bridgehead atoms. The highest BCUT2D eigenvalue weighted by Gasteiger charge is 2.42. The number of benzene rings is 2. The molecule has 3 amide bonds. The SMILES string of the molecule is CC(C)CC(C(=O)Nc1cc(Cl)cc(Cl)c1)N1C(=O)c2ccccc2C1=O. The Hall–Kier alpha value is -2.37. The van der Waals surface area contributed by atoms with E-state index in [1.165, 1.54) is 0 Å². The van der Waals surface area contributed by atoms with E-state index in [0.29, 0.717) is 33.3 Å². The summed E-state index contributed by atoms with van der Waals surface area (Å²) in [7, 11) is 0. The molecule has 2 aromatic carbocycles. The van der Waals surface area contributed by atoms with Crippen molar-refractivity contribution in [2.75, 3.05) is 5.32 Å². The monoisotopic (exact) mass is 404 g/mol. The smallest absolute Gasteiger partial charge is 0.262 e. The van der Waals surface area contributed by atoms with Crippen LogP contribution >= 0.6 is 23.2 Å². The normalized spacial score (nSPS) is 14.5. The summed E-state index contributed by atoms with van der Waals surface area (Å²) in [5, 5.41) is 3.47. The number of fused-ring (bicyclic) bond motifs is 1. The third-order valence-corrected chi connectivity index (χ3v) is 4.70. The summed E-state index contributed by atoms with van der Waals surface area (Å²) < 4.78 is 0. The quantitative estimate of drug-likeness (QED) is 0.737. The molecule has 0 aliphatic carbocycles.